The number of methoxy groups -OCH3 is 1. The standard InChI is InChI=1S/C31H35ClF3N3O5S/c1-21(2)18-36-30(40)28(16-22-9-6-5-7-10-22)37(19-23-11-8-12-25(15-23)43-3)29(39)20-38(44(4,41)42)27-17-24(31(33,34)35)13-14-26(27)32/h5-15,17,21,28H,16,18-20H2,1-4H3,(H,36,40)/t28-/m0/s1. The third-order valence-corrected chi connectivity index (χ3v) is 8.11. The van der Waals surface area contributed by atoms with Crippen LogP contribution >= 0.6 is 11.6 Å². The molecule has 1 N–H and O–H groups in total. The van der Waals surface area contributed by atoms with Crippen molar-refractivity contribution in [1.29, 1.82) is 0 Å². The highest BCUT2D eigenvalue weighted by Gasteiger charge is 2.36. The van der Waals surface area contributed by atoms with Crippen LogP contribution in [-0.2, 0) is 38.8 Å². The highest BCUT2D eigenvalue weighted by atomic mass is 35.5. The Balaban J connectivity index is 2.12. The average Bonchev–Trinajstić information content (AvgIpc) is 2.96. The summed E-state index contributed by atoms with van der Waals surface area (Å²) in [6, 6.07) is 16.9. The number of hydrogen-bond acceptors (Lipinski definition) is 5. The molecule has 8 nitrogen and oxygen atoms in total. The quantitative estimate of drug-likeness (QED) is 0.261. The molecular weight excluding hydrogens is 619 g/mol. The lowest BCUT2D eigenvalue weighted by molar-refractivity contribution is -0.140. The van der Waals surface area contributed by atoms with Crippen molar-refractivity contribution in [2.45, 2.75) is 39.0 Å². The molecule has 44 heavy (non-hydrogen) atoms. The Hall–Kier alpha value is -3.77. The molecule has 0 radical (unpaired) electrons. The van der Waals surface area contributed by atoms with E-state index in [9.17, 15) is 31.2 Å². The molecule has 0 fully saturated rings. The van der Waals surface area contributed by atoms with Crippen LogP contribution in [0, 0.1) is 5.92 Å². The number of benzene rings is 3. The topological polar surface area (TPSA) is 96.0 Å². The van der Waals surface area contributed by atoms with Gasteiger partial charge in [0.05, 0.1) is 29.6 Å². The summed E-state index contributed by atoms with van der Waals surface area (Å²) in [5.74, 6) is -0.705. The first kappa shape index (κ1) is 34.7. The SMILES string of the molecule is COc1cccc(CN(C(=O)CN(c2cc(C(F)(F)F)ccc2Cl)S(C)(=O)=O)[C@@H](Cc2ccccc2)C(=O)NCC(C)C)c1. The third kappa shape index (κ3) is 9.62. The molecule has 0 saturated heterocycles. The Morgan fingerprint density at radius 1 is 0.977 bits per heavy atom. The number of ether oxygens (including phenoxy) is 1. The van der Waals surface area contributed by atoms with Gasteiger partial charge in [0.1, 0.15) is 18.3 Å². The Bertz CT molecular complexity index is 1550. The van der Waals surface area contributed by atoms with E-state index in [-0.39, 0.29) is 23.9 Å². The zero-order valence-corrected chi connectivity index (χ0v) is 26.3. The van der Waals surface area contributed by atoms with Crippen LogP contribution in [-0.4, -0.2) is 57.6 Å². The smallest absolute Gasteiger partial charge is 0.416 e. The fraction of sp³-hybridized carbons (Fsp3) is 0.355. The molecule has 1 atom stereocenters. The van der Waals surface area contributed by atoms with Crippen molar-refractivity contribution in [2.24, 2.45) is 5.92 Å². The predicted molar refractivity (Wildman–Crippen MR) is 164 cm³/mol. The lowest BCUT2D eigenvalue weighted by atomic mass is 10.0. The van der Waals surface area contributed by atoms with Gasteiger partial charge in [-0.15, -0.1) is 0 Å². The molecule has 0 aliphatic heterocycles. The van der Waals surface area contributed by atoms with E-state index >= 15 is 0 Å². The van der Waals surface area contributed by atoms with Crippen LogP contribution in [0.2, 0.25) is 5.02 Å². The van der Waals surface area contributed by atoms with Crippen molar-refractivity contribution in [3.63, 3.8) is 0 Å². The monoisotopic (exact) mass is 653 g/mol. The molecule has 0 saturated carbocycles. The van der Waals surface area contributed by atoms with Gasteiger partial charge in [-0.25, -0.2) is 8.42 Å². The number of carbonyl (C=O) groups excluding carboxylic acids is 2. The number of alkyl halides is 3. The summed E-state index contributed by atoms with van der Waals surface area (Å²) in [5, 5.41) is 2.56. The first-order valence-electron chi connectivity index (χ1n) is 13.7. The number of carbonyl (C=O) groups is 2. The summed E-state index contributed by atoms with van der Waals surface area (Å²) in [7, 11) is -2.85. The van der Waals surface area contributed by atoms with Gasteiger partial charge in [0.25, 0.3) is 0 Å². The summed E-state index contributed by atoms with van der Waals surface area (Å²) >= 11 is 6.19. The zero-order valence-electron chi connectivity index (χ0n) is 24.8. The maximum absolute atomic E-state index is 14.1. The zero-order chi connectivity index (χ0) is 32.7. The molecule has 0 heterocycles. The highest BCUT2D eigenvalue weighted by Crippen LogP contribution is 2.36. The van der Waals surface area contributed by atoms with Gasteiger partial charge in [0, 0.05) is 19.5 Å². The summed E-state index contributed by atoms with van der Waals surface area (Å²) < 4.78 is 72.3. The van der Waals surface area contributed by atoms with Gasteiger partial charge in [0.2, 0.25) is 21.8 Å². The first-order chi connectivity index (χ1) is 20.6. The lowest BCUT2D eigenvalue weighted by Crippen LogP contribution is -2.53. The number of hydrogen-bond donors (Lipinski definition) is 1. The number of nitrogens with one attached hydrogen (secondary N) is 1. The minimum absolute atomic E-state index is 0.0870. The maximum atomic E-state index is 14.1. The van der Waals surface area contributed by atoms with Gasteiger partial charge in [0.15, 0.2) is 0 Å². The number of halogens is 4. The Labute approximate surface area is 260 Å². The molecule has 238 valence electrons. The molecular formula is C31H35ClF3N3O5S. The van der Waals surface area contributed by atoms with Gasteiger partial charge in [-0.3, -0.25) is 13.9 Å². The normalized spacial score (nSPS) is 12.5. The van der Waals surface area contributed by atoms with Gasteiger partial charge in [-0.1, -0.05) is 67.9 Å². The van der Waals surface area contributed by atoms with Gasteiger partial charge >= 0.3 is 6.18 Å². The predicted octanol–water partition coefficient (Wildman–Crippen LogP) is 5.55. The van der Waals surface area contributed by atoms with Crippen molar-refractivity contribution in [1.82, 2.24) is 10.2 Å². The van der Waals surface area contributed by atoms with E-state index in [1.807, 2.05) is 13.8 Å². The Morgan fingerprint density at radius 3 is 2.23 bits per heavy atom. The van der Waals surface area contributed by atoms with Crippen LogP contribution in [0.4, 0.5) is 18.9 Å². The van der Waals surface area contributed by atoms with Crippen LogP contribution in [0.25, 0.3) is 0 Å². The maximum Gasteiger partial charge on any atom is 0.416 e. The van der Waals surface area contributed by atoms with E-state index in [2.05, 4.69) is 5.32 Å². The lowest BCUT2D eigenvalue weighted by Gasteiger charge is -2.34. The highest BCUT2D eigenvalue weighted by molar-refractivity contribution is 7.92. The molecule has 13 heteroatoms. The third-order valence-electron chi connectivity index (χ3n) is 6.66. The van der Waals surface area contributed by atoms with Gasteiger partial charge in [-0.05, 0) is 47.4 Å². The molecule has 0 aliphatic carbocycles. The number of rotatable bonds is 13. The van der Waals surface area contributed by atoms with Crippen LogP contribution in [0.15, 0.2) is 72.8 Å². The molecule has 0 bridgehead atoms. The van der Waals surface area contributed by atoms with Crippen molar-refractivity contribution >= 4 is 39.1 Å². The summed E-state index contributed by atoms with van der Waals surface area (Å²) in [5.41, 5.74) is -0.333. The van der Waals surface area contributed by atoms with Crippen molar-refractivity contribution in [3.05, 3.63) is 94.5 Å². The summed E-state index contributed by atoms with van der Waals surface area (Å²) in [6.45, 7) is 3.10. The van der Waals surface area contributed by atoms with Gasteiger partial charge in [-0.2, -0.15) is 13.2 Å². The van der Waals surface area contributed by atoms with E-state index in [1.165, 1.54) is 12.0 Å². The van der Waals surface area contributed by atoms with Crippen LogP contribution in [0.1, 0.15) is 30.5 Å². The molecule has 2 amide bonds. The first-order valence-corrected chi connectivity index (χ1v) is 15.9. The fourth-order valence-corrected chi connectivity index (χ4v) is 5.54. The molecule has 0 unspecified atom stereocenters. The van der Waals surface area contributed by atoms with E-state index in [0.29, 0.717) is 28.2 Å². The summed E-state index contributed by atoms with van der Waals surface area (Å²) in [4.78, 5) is 29.0. The molecule has 3 aromatic carbocycles. The minimum Gasteiger partial charge on any atom is -0.497 e. The van der Waals surface area contributed by atoms with E-state index in [1.54, 1.807) is 54.6 Å². The minimum atomic E-state index is -4.79. The molecule has 3 aromatic rings. The van der Waals surface area contributed by atoms with E-state index in [0.717, 1.165) is 24.0 Å². The van der Waals surface area contributed by atoms with E-state index < -0.39 is 51.9 Å². The molecule has 3 rings (SSSR count). The van der Waals surface area contributed by atoms with Crippen LogP contribution in [0.3, 0.4) is 0 Å². The average molecular weight is 654 g/mol. The van der Waals surface area contributed by atoms with Crippen molar-refractivity contribution in [3.8, 4) is 5.75 Å². The molecule has 0 spiro atoms. The fourth-order valence-electron chi connectivity index (χ4n) is 4.42. The summed E-state index contributed by atoms with van der Waals surface area (Å²) in [6.07, 6.45) is -3.94. The Kier molecular flexibility index (Phi) is 11.7. The second-order valence-corrected chi connectivity index (χ2v) is 13.0. The van der Waals surface area contributed by atoms with Crippen LogP contribution in [0.5, 0.6) is 5.75 Å². The Morgan fingerprint density at radius 2 is 1.64 bits per heavy atom. The second kappa shape index (κ2) is 14.8. The van der Waals surface area contributed by atoms with Gasteiger partial charge < -0.3 is 15.0 Å². The number of amides is 2. The number of anilines is 1. The van der Waals surface area contributed by atoms with Crippen molar-refractivity contribution in [2.75, 3.05) is 30.8 Å². The van der Waals surface area contributed by atoms with E-state index in [4.69, 9.17) is 16.3 Å². The molecule has 0 aliphatic rings. The molecule has 0 aromatic heterocycles. The number of nitrogens with zero attached hydrogens (tertiary/aromatic N) is 2. The largest absolute Gasteiger partial charge is 0.497 e. The van der Waals surface area contributed by atoms with Crippen LogP contribution < -0.4 is 14.4 Å². The second-order valence-electron chi connectivity index (χ2n) is 10.7. The van der Waals surface area contributed by atoms with Crippen molar-refractivity contribution < 1.29 is 35.9 Å². The number of sulfonamides is 1.